The van der Waals surface area contributed by atoms with Crippen LogP contribution in [-0.2, 0) is 4.79 Å². The molecular formula is C7H14N4O2. The lowest BCUT2D eigenvalue weighted by Gasteiger charge is -2.09. The molecule has 1 heterocycles. The fraction of sp³-hybridized carbons (Fsp3) is 0.714. The van der Waals surface area contributed by atoms with Gasteiger partial charge in [0.05, 0.1) is 6.54 Å². The summed E-state index contributed by atoms with van der Waals surface area (Å²) in [6, 6.07) is 0.180. The van der Waals surface area contributed by atoms with Crippen LogP contribution in [0.3, 0.4) is 0 Å². The van der Waals surface area contributed by atoms with E-state index in [9.17, 15) is 4.79 Å². The summed E-state index contributed by atoms with van der Waals surface area (Å²) in [4.78, 5) is 10.8. The molecule has 74 valence electrons. The van der Waals surface area contributed by atoms with Crippen LogP contribution in [0.1, 0.15) is 12.8 Å². The van der Waals surface area contributed by atoms with Crippen LogP contribution in [0.5, 0.6) is 0 Å². The Morgan fingerprint density at radius 2 is 2.62 bits per heavy atom. The van der Waals surface area contributed by atoms with Crippen LogP contribution < -0.4 is 16.4 Å². The van der Waals surface area contributed by atoms with Gasteiger partial charge in [-0.2, -0.15) is 0 Å². The molecule has 0 radical (unpaired) electrons. The summed E-state index contributed by atoms with van der Waals surface area (Å²) in [5.74, 6) is 0.236. The van der Waals surface area contributed by atoms with Crippen LogP contribution in [-0.4, -0.2) is 36.1 Å². The summed E-state index contributed by atoms with van der Waals surface area (Å²) in [6.07, 6.45) is 1.44. The third-order valence-corrected chi connectivity index (χ3v) is 1.91. The van der Waals surface area contributed by atoms with Crippen molar-refractivity contribution >= 4 is 11.7 Å². The molecule has 1 rings (SSSR count). The van der Waals surface area contributed by atoms with Gasteiger partial charge in [-0.25, -0.2) is 0 Å². The summed E-state index contributed by atoms with van der Waals surface area (Å²) in [5, 5.41) is 16.8. The molecule has 0 saturated carbocycles. The van der Waals surface area contributed by atoms with Gasteiger partial charge in [0.2, 0.25) is 5.91 Å². The van der Waals surface area contributed by atoms with Crippen LogP contribution in [0.2, 0.25) is 0 Å². The summed E-state index contributed by atoms with van der Waals surface area (Å²) in [5.41, 5.74) is 5.24. The molecule has 1 fully saturated rings. The quantitative estimate of drug-likeness (QED) is 0.188. The minimum absolute atomic E-state index is 0.0931. The Balaban J connectivity index is 2.10. The molecule has 0 spiro atoms. The molecule has 6 heteroatoms. The van der Waals surface area contributed by atoms with Gasteiger partial charge in [-0.05, 0) is 6.42 Å². The average Bonchev–Trinajstić information content (AvgIpc) is 2.51. The van der Waals surface area contributed by atoms with Crippen molar-refractivity contribution in [3.8, 4) is 0 Å². The van der Waals surface area contributed by atoms with Gasteiger partial charge in [0.15, 0.2) is 5.84 Å². The second-order valence-electron chi connectivity index (χ2n) is 3.03. The van der Waals surface area contributed by atoms with E-state index in [0.29, 0.717) is 19.5 Å². The van der Waals surface area contributed by atoms with Crippen molar-refractivity contribution in [3.05, 3.63) is 0 Å². The Morgan fingerprint density at radius 3 is 3.15 bits per heavy atom. The molecule has 1 atom stereocenters. The molecule has 0 aromatic heterocycles. The zero-order valence-electron chi connectivity index (χ0n) is 7.29. The van der Waals surface area contributed by atoms with E-state index in [4.69, 9.17) is 10.9 Å². The van der Waals surface area contributed by atoms with E-state index in [0.717, 1.165) is 6.42 Å². The molecule has 1 unspecified atom stereocenters. The molecular weight excluding hydrogens is 172 g/mol. The molecule has 1 amide bonds. The molecule has 13 heavy (non-hydrogen) atoms. The monoisotopic (exact) mass is 186 g/mol. The van der Waals surface area contributed by atoms with E-state index in [1.807, 2.05) is 0 Å². The van der Waals surface area contributed by atoms with E-state index >= 15 is 0 Å². The zero-order chi connectivity index (χ0) is 9.68. The Kier molecular flexibility index (Phi) is 3.51. The van der Waals surface area contributed by atoms with Crippen LogP contribution in [0, 0.1) is 0 Å². The maximum atomic E-state index is 10.8. The minimum atomic E-state index is 0.0931. The highest BCUT2D eigenvalue weighted by molar-refractivity contribution is 5.81. The van der Waals surface area contributed by atoms with Crippen LogP contribution in [0.4, 0.5) is 0 Å². The molecule has 0 aliphatic carbocycles. The predicted molar refractivity (Wildman–Crippen MR) is 47.4 cm³/mol. The number of hydrogen-bond donors (Lipinski definition) is 4. The van der Waals surface area contributed by atoms with Gasteiger partial charge >= 0.3 is 0 Å². The van der Waals surface area contributed by atoms with Gasteiger partial charge in [0, 0.05) is 19.0 Å². The van der Waals surface area contributed by atoms with Gasteiger partial charge in [0.25, 0.3) is 0 Å². The van der Waals surface area contributed by atoms with Crippen molar-refractivity contribution < 1.29 is 10.0 Å². The van der Waals surface area contributed by atoms with Crippen molar-refractivity contribution in [2.45, 2.75) is 18.9 Å². The van der Waals surface area contributed by atoms with Crippen molar-refractivity contribution in [2.75, 3.05) is 13.1 Å². The number of nitrogens with two attached hydrogens (primary N) is 1. The summed E-state index contributed by atoms with van der Waals surface area (Å²) in [6.45, 7) is 0.991. The van der Waals surface area contributed by atoms with E-state index in [1.54, 1.807) is 0 Å². The van der Waals surface area contributed by atoms with E-state index in [2.05, 4.69) is 15.8 Å². The third kappa shape index (κ3) is 3.29. The third-order valence-electron chi connectivity index (χ3n) is 1.91. The van der Waals surface area contributed by atoms with Gasteiger partial charge in [-0.15, -0.1) is 0 Å². The largest absolute Gasteiger partial charge is 0.409 e. The fourth-order valence-corrected chi connectivity index (χ4v) is 1.24. The van der Waals surface area contributed by atoms with Crippen LogP contribution in [0.15, 0.2) is 5.16 Å². The minimum Gasteiger partial charge on any atom is -0.409 e. The fourth-order valence-electron chi connectivity index (χ4n) is 1.24. The molecule has 1 saturated heterocycles. The van der Waals surface area contributed by atoms with Gasteiger partial charge in [0.1, 0.15) is 0 Å². The maximum absolute atomic E-state index is 10.8. The molecule has 0 bridgehead atoms. The Morgan fingerprint density at radius 1 is 1.85 bits per heavy atom. The van der Waals surface area contributed by atoms with E-state index < -0.39 is 0 Å². The highest BCUT2D eigenvalue weighted by Gasteiger charge is 2.19. The van der Waals surface area contributed by atoms with Crippen molar-refractivity contribution in [1.29, 1.82) is 0 Å². The van der Waals surface area contributed by atoms with Gasteiger partial charge in [-0.3, -0.25) is 4.79 Å². The number of carbonyl (C=O) groups excluding carboxylic acids is 1. The second-order valence-corrected chi connectivity index (χ2v) is 3.03. The molecule has 1 aliphatic heterocycles. The SMILES string of the molecule is NC(CNCC1CCC(=O)N1)=NO. The summed E-state index contributed by atoms with van der Waals surface area (Å²) in [7, 11) is 0. The predicted octanol–water partition coefficient (Wildman–Crippen LogP) is -1.40. The topological polar surface area (TPSA) is 99.7 Å². The smallest absolute Gasteiger partial charge is 0.220 e. The van der Waals surface area contributed by atoms with Crippen molar-refractivity contribution in [2.24, 2.45) is 10.9 Å². The number of nitrogens with one attached hydrogen (secondary N) is 2. The van der Waals surface area contributed by atoms with E-state index in [-0.39, 0.29) is 17.8 Å². The molecule has 5 N–H and O–H groups in total. The van der Waals surface area contributed by atoms with Crippen LogP contribution >= 0.6 is 0 Å². The highest BCUT2D eigenvalue weighted by Crippen LogP contribution is 2.04. The second kappa shape index (κ2) is 4.66. The number of oxime groups is 1. The van der Waals surface area contributed by atoms with Crippen molar-refractivity contribution in [1.82, 2.24) is 10.6 Å². The lowest BCUT2D eigenvalue weighted by Crippen LogP contribution is -2.39. The zero-order valence-corrected chi connectivity index (χ0v) is 7.29. The number of rotatable bonds is 4. The highest BCUT2D eigenvalue weighted by atomic mass is 16.4. The van der Waals surface area contributed by atoms with Gasteiger partial charge < -0.3 is 21.6 Å². The Labute approximate surface area is 76.2 Å². The number of amides is 1. The summed E-state index contributed by atoms with van der Waals surface area (Å²) < 4.78 is 0. The van der Waals surface area contributed by atoms with Gasteiger partial charge in [-0.1, -0.05) is 5.16 Å². The lowest BCUT2D eigenvalue weighted by molar-refractivity contribution is -0.119. The first-order valence-corrected chi connectivity index (χ1v) is 4.19. The molecule has 0 aromatic carbocycles. The molecule has 1 aliphatic rings. The molecule has 0 aromatic rings. The van der Waals surface area contributed by atoms with Crippen molar-refractivity contribution in [3.63, 3.8) is 0 Å². The average molecular weight is 186 g/mol. The lowest BCUT2D eigenvalue weighted by atomic mass is 10.2. The molecule has 6 nitrogen and oxygen atoms in total. The van der Waals surface area contributed by atoms with E-state index in [1.165, 1.54) is 0 Å². The standard InChI is InChI=1S/C7H14N4O2/c8-6(11-13)4-9-3-5-1-2-7(12)10-5/h5,9,13H,1-4H2,(H2,8,11)(H,10,12). The number of carbonyl (C=O) groups is 1. The first-order valence-electron chi connectivity index (χ1n) is 4.19. The maximum Gasteiger partial charge on any atom is 0.220 e. The normalized spacial score (nSPS) is 23.2. The Bertz CT molecular complexity index is 217. The first-order chi connectivity index (χ1) is 6.22. The Hall–Kier alpha value is -1.30. The summed E-state index contributed by atoms with van der Waals surface area (Å²) >= 11 is 0. The number of nitrogens with zero attached hydrogens (tertiary/aromatic N) is 1. The number of hydrogen-bond acceptors (Lipinski definition) is 4. The van der Waals surface area contributed by atoms with Crippen LogP contribution in [0.25, 0.3) is 0 Å². The number of amidine groups is 1. The first kappa shape index (κ1) is 9.79.